The number of hydrogen-bond acceptors (Lipinski definition) is 5. The first kappa shape index (κ1) is 21.2. The van der Waals surface area contributed by atoms with Gasteiger partial charge in [-0.2, -0.15) is 0 Å². The Morgan fingerprint density at radius 1 is 1.24 bits per heavy atom. The number of rotatable bonds is 4. The summed E-state index contributed by atoms with van der Waals surface area (Å²) in [6, 6.07) is 7.48. The number of methoxy groups -OCH3 is 1. The molecule has 2 aromatic rings. The summed E-state index contributed by atoms with van der Waals surface area (Å²) < 4.78 is 5.43. The zero-order chi connectivity index (χ0) is 21.0. The van der Waals surface area contributed by atoms with E-state index < -0.39 is 0 Å². The van der Waals surface area contributed by atoms with Crippen LogP contribution >= 0.6 is 11.6 Å². The van der Waals surface area contributed by atoms with E-state index in [9.17, 15) is 4.79 Å². The summed E-state index contributed by atoms with van der Waals surface area (Å²) in [5, 5.41) is 7.03. The van der Waals surface area contributed by atoms with Crippen molar-refractivity contribution in [1.29, 1.82) is 0 Å². The van der Waals surface area contributed by atoms with E-state index in [0.29, 0.717) is 29.8 Å². The number of nitrogens with zero attached hydrogens (tertiary/aromatic N) is 3. The normalized spacial score (nSPS) is 15.1. The van der Waals surface area contributed by atoms with Crippen LogP contribution in [0.15, 0.2) is 30.5 Å². The highest BCUT2D eigenvalue weighted by Gasteiger charge is 2.25. The second-order valence-electron chi connectivity index (χ2n) is 8.20. The van der Waals surface area contributed by atoms with Crippen LogP contribution in [0.5, 0.6) is 5.75 Å². The molecular weight excluding hydrogens is 390 g/mol. The number of anilines is 1. The zero-order valence-corrected chi connectivity index (χ0v) is 18.1. The Morgan fingerprint density at radius 2 is 1.97 bits per heavy atom. The first-order valence-electron chi connectivity index (χ1n) is 9.76. The minimum atomic E-state index is -0.234. The van der Waals surface area contributed by atoms with Gasteiger partial charge in [0.1, 0.15) is 5.75 Å². The predicted molar refractivity (Wildman–Crippen MR) is 116 cm³/mol. The van der Waals surface area contributed by atoms with Crippen LogP contribution in [0, 0.1) is 0 Å². The van der Waals surface area contributed by atoms with Crippen molar-refractivity contribution in [1.82, 2.24) is 20.2 Å². The van der Waals surface area contributed by atoms with Crippen molar-refractivity contribution in [3.05, 3.63) is 35.5 Å². The summed E-state index contributed by atoms with van der Waals surface area (Å²) in [6.45, 7) is 7.35. The number of likely N-dealkylation sites (tertiary alicyclic amines) is 1. The topological polar surface area (TPSA) is 79.4 Å². The van der Waals surface area contributed by atoms with E-state index in [4.69, 9.17) is 16.3 Å². The van der Waals surface area contributed by atoms with Crippen molar-refractivity contribution in [3.8, 4) is 17.0 Å². The molecule has 29 heavy (non-hydrogen) atoms. The van der Waals surface area contributed by atoms with E-state index >= 15 is 0 Å². The minimum Gasteiger partial charge on any atom is -0.496 e. The van der Waals surface area contributed by atoms with E-state index in [2.05, 4.69) is 20.6 Å². The minimum absolute atomic E-state index is 0.0118. The van der Waals surface area contributed by atoms with Crippen LogP contribution in [0.3, 0.4) is 0 Å². The molecule has 2 amide bonds. The summed E-state index contributed by atoms with van der Waals surface area (Å²) in [6.07, 6.45) is 3.40. The second kappa shape index (κ2) is 8.86. The number of aromatic nitrogens is 2. The average molecular weight is 418 g/mol. The van der Waals surface area contributed by atoms with E-state index in [-0.39, 0.29) is 17.6 Å². The Hall–Kier alpha value is -2.54. The van der Waals surface area contributed by atoms with Gasteiger partial charge in [0.2, 0.25) is 5.95 Å². The molecule has 2 N–H and O–H groups in total. The van der Waals surface area contributed by atoms with E-state index in [0.717, 1.165) is 24.1 Å². The fourth-order valence-electron chi connectivity index (χ4n) is 3.27. The van der Waals surface area contributed by atoms with Crippen molar-refractivity contribution in [2.45, 2.75) is 45.2 Å². The van der Waals surface area contributed by atoms with Gasteiger partial charge < -0.3 is 20.3 Å². The number of piperidine rings is 1. The summed E-state index contributed by atoms with van der Waals surface area (Å²) in [7, 11) is 1.62. The number of hydrogen-bond donors (Lipinski definition) is 2. The summed E-state index contributed by atoms with van der Waals surface area (Å²) in [5.74, 6) is 1.26. The molecule has 1 aromatic heterocycles. The Labute approximate surface area is 176 Å². The lowest BCUT2D eigenvalue weighted by molar-refractivity contribution is 0.175. The average Bonchev–Trinajstić information content (AvgIpc) is 2.67. The van der Waals surface area contributed by atoms with Crippen LogP contribution in [-0.4, -0.2) is 52.7 Å². The maximum absolute atomic E-state index is 12.3. The summed E-state index contributed by atoms with van der Waals surface area (Å²) in [5.41, 5.74) is 1.32. The first-order chi connectivity index (χ1) is 13.7. The lowest BCUT2D eigenvalue weighted by atomic mass is 10.1. The van der Waals surface area contributed by atoms with Gasteiger partial charge in [-0.15, -0.1) is 0 Å². The largest absolute Gasteiger partial charge is 0.496 e. The predicted octanol–water partition coefficient (Wildman–Crippen LogP) is 4.19. The molecule has 1 aromatic carbocycles. The lowest BCUT2D eigenvalue weighted by Crippen LogP contribution is -2.51. The highest BCUT2D eigenvalue weighted by atomic mass is 35.5. The smallest absolute Gasteiger partial charge is 0.317 e. The first-order valence-corrected chi connectivity index (χ1v) is 10.1. The van der Waals surface area contributed by atoms with E-state index in [1.807, 2.05) is 43.9 Å². The molecule has 7 nitrogen and oxygen atoms in total. The molecule has 0 radical (unpaired) electrons. The molecule has 156 valence electrons. The summed E-state index contributed by atoms with van der Waals surface area (Å²) >= 11 is 6.15. The summed E-state index contributed by atoms with van der Waals surface area (Å²) in [4.78, 5) is 23.2. The van der Waals surface area contributed by atoms with E-state index in [1.54, 1.807) is 19.4 Å². The van der Waals surface area contributed by atoms with Gasteiger partial charge in [-0.05, 0) is 57.9 Å². The molecule has 1 saturated heterocycles. The number of halogens is 1. The van der Waals surface area contributed by atoms with Gasteiger partial charge in [-0.1, -0.05) is 11.6 Å². The highest BCUT2D eigenvalue weighted by Crippen LogP contribution is 2.31. The molecule has 2 heterocycles. The molecule has 0 spiro atoms. The molecule has 1 fully saturated rings. The molecule has 3 rings (SSSR count). The SMILES string of the molecule is COc1ccc(Cl)cc1-c1ccnc(NC2CCN(C(=O)NC(C)(C)C)CC2)n1. The standard InChI is InChI=1S/C21H28ClN5O2/c1-21(2,3)26-20(28)27-11-8-15(9-12-27)24-19-23-10-7-17(25-19)16-13-14(22)5-6-18(16)29-4/h5-7,10,13,15H,8-9,11-12H2,1-4H3,(H,26,28)(H,23,24,25). The molecule has 0 bridgehead atoms. The Bertz CT molecular complexity index is 860. The molecular formula is C21H28ClN5O2. The van der Waals surface area contributed by atoms with Crippen molar-refractivity contribution in [3.63, 3.8) is 0 Å². The van der Waals surface area contributed by atoms with Gasteiger partial charge in [0, 0.05) is 41.5 Å². The van der Waals surface area contributed by atoms with Gasteiger partial charge in [-0.3, -0.25) is 0 Å². The van der Waals surface area contributed by atoms with Gasteiger partial charge in [0.25, 0.3) is 0 Å². The van der Waals surface area contributed by atoms with Gasteiger partial charge >= 0.3 is 6.03 Å². The Morgan fingerprint density at radius 3 is 2.62 bits per heavy atom. The van der Waals surface area contributed by atoms with Crippen LogP contribution in [0.1, 0.15) is 33.6 Å². The number of ether oxygens (including phenoxy) is 1. The maximum atomic E-state index is 12.3. The third kappa shape index (κ3) is 5.73. The number of urea groups is 1. The van der Waals surface area contributed by atoms with Crippen molar-refractivity contribution in [2.24, 2.45) is 0 Å². The fraction of sp³-hybridized carbons (Fsp3) is 0.476. The molecule has 0 unspecified atom stereocenters. The Balaban J connectivity index is 1.64. The van der Waals surface area contributed by atoms with Crippen LogP contribution in [0.25, 0.3) is 11.3 Å². The number of benzene rings is 1. The van der Waals surface area contributed by atoms with E-state index in [1.165, 1.54) is 0 Å². The highest BCUT2D eigenvalue weighted by molar-refractivity contribution is 6.30. The second-order valence-corrected chi connectivity index (χ2v) is 8.63. The number of carbonyl (C=O) groups is 1. The van der Waals surface area contributed by atoms with Gasteiger partial charge in [-0.25, -0.2) is 14.8 Å². The fourth-order valence-corrected chi connectivity index (χ4v) is 3.44. The van der Waals surface area contributed by atoms with Crippen LogP contribution in [0.4, 0.5) is 10.7 Å². The number of carbonyl (C=O) groups excluding carboxylic acids is 1. The van der Waals surface area contributed by atoms with Crippen LogP contribution in [-0.2, 0) is 0 Å². The van der Waals surface area contributed by atoms with Gasteiger partial charge in [0.15, 0.2) is 0 Å². The third-order valence-corrected chi connectivity index (χ3v) is 4.93. The van der Waals surface area contributed by atoms with Crippen LogP contribution in [0.2, 0.25) is 5.02 Å². The number of amides is 2. The van der Waals surface area contributed by atoms with Crippen molar-refractivity contribution >= 4 is 23.6 Å². The van der Waals surface area contributed by atoms with Crippen LogP contribution < -0.4 is 15.4 Å². The third-order valence-electron chi connectivity index (χ3n) is 4.69. The molecule has 8 heteroatoms. The monoisotopic (exact) mass is 417 g/mol. The number of nitrogens with one attached hydrogen (secondary N) is 2. The Kier molecular flexibility index (Phi) is 6.47. The van der Waals surface area contributed by atoms with Gasteiger partial charge in [0.05, 0.1) is 12.8 Å². The zero-order valence-electron chi connectivity index (χ0n) is 17.3. The quantitative estimate of drug-likeness (QED) is 0.779. The molecule has 1 aliphatic rings. The lowest BCUT2D eigenvalue weighted by Gasteiger charge is -2.34. The van der Waals surface area contributed by atoms with Crippen molar-refractivity contribution in [2.75, 3.05) is 25.5 Å². The molecule has 0 aliphatic carbocycles. The molecule has 1 aliphatic heterocycles. The maximum Gasteiger partial charge on any atom is 0.317 e. The van der Waals surface area contributed by atoms with Crippen molar-refractivity contribution < 1.29 is 9.53 Å². The molecule has 0 saturated carbocycles. The molecule has 0 atom stereocenters.